The minimum Gasteiger partial charge on any atom is -0.377 e. The number of fused-ring (bicyclic) bond motifs is 2. The summed E-state index contributed by atoms with van der Waals surface area (Å²) in [4.78, 5) is 14.0. The third-order valence-corrected chi connectivity index (χ3v) is 5.21. The average molecular weight is 333 g/mol. The fourth-order valence-electron chi connectivity index (χ4n) is 3.16. The molecule has 0 spiro atoms. The highest BCUT2D eigenvalue weighted by Gasteiger charge is 2.16. The van der Waals surface area contributed by atoms with Gasteiger partial charge >= 0.3 is 0 Å². The van der Waals surface area contributed by atoms with Gasteiger partial charge in [-0.15, -0.1) is 11.3 Å². The minimum atomic E-state index is 0.662. The van der Waals surface area contributed by atoms with Gasteiger partial charge in [0, 0.05) is 28.0 Å². The molecule has 4 nitrogen and oxygen atoms in total. The summed E-state index contributed by atoms with van der Waals surface area (Å²) in [5.41, 5.74) is 4.49. The van der Waals surface area contributed by atoms with E-state index in [-0.39, 0.29) is 0 Å². The zero-order valence-corrected chi connectivity index (χ0v) is 13.8. The maximum atomic E-state index is 5.45. The molecule has 4 heterocycles. The van der Waals surface area contributed by atoms with Crippen molar-refractivity contribution in [2.24, 2.45) is 0 Å². The molecule has 0 amide bonds. The molecule has 0 saturated carbocycles. The van der Waals surface area contributed by atoms with Crippen LogP contribution in [0.5, 0.6) is 0 Å². The van der Waals surface area contributed by atoms with E-state index in [0.29, 0.717) is 6.61 Å². The van der Waals surface area contributed by atoms with E-state index in [0.717, 1.165) is 45.8 Å². The van der Waals surface area contributed by atoms with E-state index in [4.69, 9.17) is 14.7 Å². The fraction of sp³-hybridized carbons (Fsp3) is 0.158. The summed E-state index contributed by atoms with van der Waals surface area (Å²) in [6.45, 7) is 1.42. The molecule has 0 atom stereocenters. The van der Waals surface area contributed by atoms with Crippen LogP contribution in [0.25, 0.3) is 38.1 Å². The summed E-state index contributed by atoms with van der Waals surface area (Å²) in [5, 5.41) is 4.40. The smallest absolute Gasteiger partial charge is 0.161 e. The Morgan fingerprint density at radius 1 is 1.12 bits per heavy atom. The lowest BCUT2D eigenvalue weighted by atomic mass is 10.0. The van der Waals surface area contributed by atoms with Gasteiger partial charge in [0.2, 0.25) is 0 Å². The van der Waals surface area contributed by atoms with Gasteiger partial charge in [0.15, 0.2) is 5.82 Å². The van der Waals surface area contributed by atoms with E-state index in [9.17, 15) is 0 Å². The van der Waals surface area contributed by atoms with E-state index in [2.05, 4.69) is 46.8 Å². The van der Waals surface area contributed by atoms with Crippen molar-refractivity contribution < 1.29 is 4.74 Å². The standard InChI is InChI=1S/C19H15N3OS/c1-2-16-13(3-7-20-16)11-14(1)18-21-17(12-4-8-23-9-5-12)15-6-10-24-19(15)22-18/h1-4,6-7,10-11,20H,5,8-9H2. The first-order valence-electron chi connectivity index (χ1n) is 7.98. The molecule has 5 heteroatoms. The highest BCUT2D eigenvalue weighted by atomic mass is 32.1. The second kappa shape index (κ2) is 5.54. The molecule has 1 aromatic carbocycles. The lowest BCUT2D eigenvalue weighted by Gasteiger charge is -2.14. The van der Waals surface area contributed by atoms with Crippen molar-refractivity contribution >= 4 is 38.0 Å². The molecule has 0 unspecified atom stereocenters. The van der Waals surface area contributed by atoms with Crippen molar-refractivity contribution in [1.82, 2.24) is 15.0 Å². The van der Waals surface area contributed by atoms with E-state index in [1.807, 2.05) is 6.20 Å². The van der Waals surface area contributed by atoms with Gasteiger partial charge in [0.25, 0.3) is 0 Å². The number of H-pyrrole nitrogens is 1. The molecular formula is C19H15N3OS. The van der Waals surface area contributed by atoms with Crippen molar-refractivity contribution in [3.8, 4) is 11.4 Å². The van der Waals surface area contributed by atoms with Crippen LogP contribution >= 0.6 is 11.3 Å². The highest BCUT2D eigenvalue weighted by molar-refractivity contribution is 7.16. The number of rotatable bonds is 2. The summed E-state index contributed by atoms with van der Waals surface area (Å²) in [5.74, 6) is 0.787. The number of nitrogens with one attached hydrogen (secondary N) is 1. The van der Waals surface area contributed by atoms with Gasteiger partial charge < -0.3 is 9.72 Å². The number of aromatic amines is 1. The third kappa shape index (κ3) is 2.25. The van der Waals surface area contributed by atoms with Crippen LogP contribution in [0.1, 0.15) is 12.1 Å². The second-order valence-electron chi connectivity index (χ2n) is 5.87. The number of hydrogen-bond acceptors (Lipinski definition) is 4. The van der Waals surface area contributed by atoms with Gasteiger partial charge in [-0.2, -0.15) is 0 Å². The molecule has 3 aromatic heterocycles. The molecule has 0 saturated heterocycles. The Hall–Kier alpha value is -2.50. The normalized spacial score (nSPS) is 15.1. The minimum absolute atomic E-state index is 0.662. The first kappa shape index (κ1) is 13.9. The fourth-order valence-corrected chi connectivity index (χ4v) is 3.93. The number of hydrogen-bond donors (Lipinski definition) is 1. The third-order valence-electron chi connectivity index (χ3n) is 4.40. The molecule has 0 fully saturated rings. The Labute approximate surface area is 142 Å². The van der Waals surface area contributed by atoms with Crippen LogP contribution in [0, 0.1) is 0 Å². The van der Waals surface area contributed by atoms with E-state index >= 15 is 0 Å². The number of benzene rings is 1. The molecule has 1 N–H and O–H groups in total. The second-order valence-corrected chi connectivity index (χ2v) is 6.76. The number of nitrogens with zero attached hydrogens (tertiary/aromatic N) is 2. The Kier molecular flexibility index (Phi) is 3.21. The van der Waals surface area contributed by atoms with Gasteiger partial charge in [0.1, 0.15) is 4.83 Å². The molecule has 24 heavy (non-hydrogen) atoms. The van der Waals surface area contributed by atoms with Gasteiger partial charge in [-0.05, 0) is 47.7 Å². The summed E-state index contributed by atoms with van der Waals surface area (Å²) in [6.07, 6.45) is 5.00. The van der Waals surface area contributed by atoms with Crippen LogP contribution in [-0.4, -0.2) is 28.2 Å². The molecule has 0 radical (unpaired) electrons. The number of thiophene rings is 1. The molecular weight excluding hydrogens is 318 g/mol. The molecule has 0 aliphatic carbocycles. The van der Waals surface area contributed by atoms with Gasteiger partial charge in [0.05, 0.1) is 18.9 Å². The Morgan fingerprint density at radius 2 is 2.12 bits per heavy atom. The van der Waals surface area contributed by atoms with Gasteiger partial charge in [-0.25, -0.2) is 9.97 Å². The van der Waals surface area contributed by atoms with Crippen molar-refractivity contribution in [2.45, 2.75) is 6.42 Å². The first-order valence-corrected chi connectivity index (χ1v) is 8.86. The van der Waals surface area contributed by atoms with Crippen LogP contribution in [0.4, 0.5) is 0 Å². The largest absolute Gasteiger partial charge is 0.377 e. The van der Waals surface area contributed by atoms with Crippen LogP contribution in [0.15, 0.2) is 48.0 Å². The number of aromatic nitrogens is 3. The van der Waals surface area contributed by atoms with Crippen LogP contribution in [0.3, 0.4) is 0 Å². The van der Waals surface area contributed by atoms with Crippen LogP contribution < -0.4 is 0 Å². The topological polar surface area (TPSA) is 50.8 Å². The van der Waals surface area contributed by atoms with Crippen LogP contribution in [0.2, 0.25) is 0 Å². The maximum absolute atomic E-state index is 5.45. The molecule has 0 bridgehead atoms. The molecule has 1 aliphatic heterocycles. The van der Waals surface area contributed by atoms with Crippen LogP contribution in [-0.2, 0) is 4.74 Å². The van der Waals surface area contributed by atoms with Crippen molar-refractivity contribution in [3.63, 3.8) is 0 Å². The monoisotopic (exact) mass is 333 g/mol. The zero-order chi connectivity index (χ0) is 15.9. The Morgan fingerprint density at radius 3 is 3.04 bits per heavy atom. The molecule has 4 aromatic rings. The van der Waals surface area contributed by atoms with E-state index in [1.54, 1.807) is 11.3 Å². The quantitative estimate of drug-likeness (QED) is 0.581. The first-order chi connectivity index (χ1) is 11.9. The van der Waals surface area contributed by atoms with E-state index < -0.39 is 0 Å². The van der Waals surface area contributed by atoms with Crippen molar-refractivity contribution in [1.29, 1.82) is 0 Å². The van der Waals surface area contributed by atoms with Gasteiger partial charge in [-0.3, -0.25) is 0 Å². The molecule has 118 valence electrons. The molecule has 5 rings (SSSR count). The van der Waals surface area contributed by atoms with Gasteiger partial charge in [-0.1, -0.05) is 6.08 Å². The Balaban J connectivity index is 1.72. The number of ether oxygens (including phenoxy) is 1. The summed E-state index contributed by atoms with van der Waals surface area (Å²) < 4.78 is 5.45. The molecule has 1 aliphatic rings. The average Bonchev–Trinajstić information content (AvgIpc) is 3.29. The predicted molar refractivity (Wildman–Crippen MR) is 98.1 cm³/mol. The van der Waals surface area contributed by atoms with E-state index in [1.165, 1.54) is 11.0 Å². The predicted octanol–water partition coefficient (Wildman–Crippen LogP) is 4.64. The summed E-state index contributed by atoms with van der Waals surface area (Å²) in [6, 6.07) is 10.5. The SMILES string of the molecule is C1=C(c2nc(-c3ccc4[nH]ccc4c3)nc3sccc23)CCOC1. The summed E-state index contributed by atoms with van der Waals surface area (Å²) in [7, 11) is 0. The highest BCUT2D eigenvalue weighted by Crippen LogP contribution is 2.32. The maximum Gasteiger partial charge on any atom is 0.161 e. The zero-order valence-electron chi connectivity index (χ0n) is 13.0. The lowest BCUT2D eigenvalue weighted by molar-refractivity contribution is 0.161. The lowest BCUT2D eigenvalue weighted by Crippen LogP contribution is -2.06. The Bertz CT molecular complexity index is 1080. The van der Waals surface area contributed by atoms with Crippen molar-refractivity contribution in [2.75, 3.05) is 13.2 Å². The van der Waals surface area contributed by atoms with Crippen molar-refractivity contribution in [3.05, 3.63) is 53.7 Å². The summed E-state index contributed by atoms with van der Waals surface area (Å²) >= 11 is 1.66.